The van der Waals surface area contributed by atoms with Crippen LogP contribution < -0.4 is 10.5 Å². The molecule has 1 aromatic rings. The number of methoxy groups -OCH3 is 1. The second-order valence-corrected chi connectivity index (χ2v) is 5.31. The predicted molar refractivity (Wildman–Crippen MR) is 84.1 cm³/mol. The number of hydrogen-bond donors (Lipinski definition) is 2. The molecule has 1 fully saturated rings. The summed E-state index contributed by atoms with van der Waals surface area (Å²) < 4.78 is 5.45. The Morgan fingerprint density at radius 1 is 1.43 bits per heavy atom. The Labute approximate surface area is 126 Å². The molecule has 0 unspecified atom stereocenters. The maximum Gasteiger partial charge on any atom is 0.123 e. The van der Waals surface area contributed by atoms with Gasteiger partial charge < -0.3 is 15.6 Å². The molecule has 1 aliphatic carbocycles. The molecule has 4 heteroatoms. The van der Waals surface area contributed by atoms with Gasteiger partial charge in [-0.1, -0.05) is 18.3 Å². The molecular weight excluding hydrogens is 264 g/mol. The Balaban J connectivity index is 2.18. The Morgan fingerprint density at radius 2 is 2.24 bits per heavy atom. The second kappa shape index (κ2) is 8.04. The number of nitrogens with two attached hydrogens (primary N) is 1. The molecule has 0 radical (unpaired) electrons. The van der Waals surface area contributed by atoms with Crippen molar-refractivity contribution in [1.82, 2.24) is 4.90 Å². The summed E-state index contributed by atoms with van der Waals surface area (Å²) in [5, 5.41) is 9.27. The molecule has 4 nitrogen and oxygen atoms in total. The lowest BCUT2D eigenvalue weighted by molar-refractivity contribution is 0.0937. The summed E-state index contributed by atoms with van der Waals surface area (Å²) in [7, 11) is 1.68. The van der Waals surface area contributed by atoms with Gasteiger partial charge in [-0.25, -0.2) is 0 Å². The highest BCUT2D eigenvalue weighted by atomic mass is 16.5. The van der Waals surface area contributed by atoms with Gasteiger partial charge in [0, 0.05) is 30.3 Å². The van der Waals surface area contributed by atoms with Crippen LogP contribution in [0.3, 0.4) is 0 Å². The molecule has 0 aromatic heterocycles. The minimum absolute atomic E-state index is 0.186. The number of nitrogens with zero attached hydrogens (tertiary/aromatic N) is 1. The summed E-state index contributed by atoms with van der Waals surface area (Å²) >= 11 is 0. The van der Waals surface area contributed by atoms with Crippen molar-refractivity contribution in [1.29, 1.82) is 0 Å². The lowest BCUT2D eigenvalue weighted by Crippen LogP contribution is -2.41. The number of hydrogen-bond acceptors (Lipinski definition) is 4. The standard InChI is InChI=1S/C17H24N2O2/c1-21-17-8-7-14(4-3-9-18)12-15(17)13-19(10-11-20)16-5-2-6-16/h7-8,12,16,20H,2,5-6,9-11,13,18H2,1H3. The minimum atomic E-state index is 0.186. The van der Waals surface area contributed by atoms with Gasteiger partial charge in [-0.15, -0.1) is 0 Å². The zero-order chi connectivity index (χ0) is 15.1. The van der Waals surface area contributed by atoms with Gasteiger partial charge in [0.25, 0.3) is 0 Å². The summed E-state index contributed by atoms with van der Waals surface area (Å²) in [5.41, 5.74) is 7.49. The second-order valence-electron chi connectivity index (χ2n) is 5.31. The van der Waals surface area contributed by atoms with E-state index < -0.39 is 0 Å². The lowest BCUT2D eigenvalue weighted by Gasteiger charge is -2.37. The van der Waals surface area contributed by atoms with Crippen LogP contribution in [0.4, 0.5) is 0 Å². The van der Waals surface area contributed by atoms with Crippen LogP contribution in [0.25, 0.3) is 0 Å². The summed E-state index contributed by atoms with van der Waals surface area (Å²) in [6.07, 6.45) is 3.72. The van der Waals surface area contributed by atoms with Crippen molar-refractivity contribution in [2.45, 2.75) is 31.8 Å². The third-order valence-electron chi connectivity index (χ3n) is 3.97. The first-order chi connectivity index (χ1) is 10.3. The van der Waals surface area contributed by atoms with Gasteiger partial charge >= 0.3 is 0 Å². The number of rotatable bonds is 6. The Bertz CT molecular complexity index is 515. The topological polar surface area (TPSA) is 58.7 Å². The van der Waals surface area contributed by atoms with E-state index in [-0.39, 0.29) is 6.61 Å². The van der Waals surface area contributed by atoms with Crippen LogP contribution >= 0.6 is 0 Å². The number of aliphatic hydroxyl groups is 1. The molecule has 114 valence electrons. The normalized spacial score (nSPS) is 14.5. The van der Waals surface area contributed by atoms with Crippen LogP contribution in [0.2, 0.25) is 0 Å². The van der Waals surface area contributed by atoms with Crippen molar-refractivity contribution in [3.05, 3.63) is 29.3 Å². The van der Waals surface area contributed by atoms with Gasteiger partial charge in [0.1, 0.15) is 5.75 Å². The van der Waals surface area contributed by atoms with Crippen molar-refractivity contribution in [2.24, 2.45) is 5.73 Å². The van der Waals surface area contributed by atoms with Gasteiger partial charge in [0.2, 0.25) is 0 Å². The molecule has 2 rings (SSSR count). The van der Waals surface area contributed by atoms with Crippen LogP contribution in [-0.4, -0.2) is 42.9 Å². The highest BCUT2D eigenvalue weighted by Crippen LogP contribution is 2.28. The fourth-order valence-electron chi connectivity index (χ4n) is 2.62. The van der Waals surface area contributed by atoms with E-state index in [1.54, 1.807) is 7.11 Å². The summed E-state index contributed by atoms with van der Waals surface area (Å²) in [6, 6.07) is 6.55. The fourth-order valence-corrected chi connectivity index (χ4v) is 2.62. The molecule has 1 saturated carbocycles. The van der Waals surface area contributed by atoms with E-state index in [0.29, 0.717) is 19.1 Å². The highest BCUT2D eigenvalue weighted by Gasteiger charge is 2.25. The summed E-state index contributed by atoms with van der Waals surface area (Å²) in [6.45, 7) is 2.03. The van der Waals surface area contributed by atoms with Crippen LogP contribution in [-0.2, 0) is 6.54 Å². The third-order valence-corrected chi connectivity index (χ3v) is 3.97. The zero-order valence-electron chi connectivity index (χ0n) is 12.6. The predicted octanol–water partition coefficient (Wildman–Crippen LogP) is 1.35. The molecule has 0 saturated heterocycles. The van der Waals surface area contributed by atoms with Crippen LogP contribution in [0.1, 0.15) is 30.4 Å². The first-order valence-corrected chi connectivity index (χ1v) is 7.49. The summed E-state index contributed by atoms with van der Waals surface area (Å²) in [4.78, 5) is 2.33. The van der Waals surface area contributed by atoms with Crippen molar-refractivity contribution in [3.63, 3.8) is 0 Å². The van der Waals surface area contributed by atoms with Crippen molar-refractivity contribution < 1.29 is 9.84 Å². The fraction of sp³-hybridized carbons (Fsp3) is 0.529. The molecule has 0 atom stereocenters. The average Bonchev–Trinajstić information content (AvgIpc) is 2.44. The van der Waals surface area contributed by atoms with Crippen molar-refractivity contribution >= 4 is 0 Å². The number of benzene rings is 1. The molecule has 1 aromatic carbocycles. The first-order valence-electron chi connectivity index (χ1n) is 7.49. The monoisotopic (exact) mass is 288 g/mol. The Hall–Kier alpha value is -1.54. The third kappa shape index (κ3) is 4.21. The molecule has 3 N–H and O–H groups in total. The van der Waals surface area contributed by atoms with E-state index >= 15 is 0 Å². The van der Waals surface area contributed by atoms with Crippen LogP contribution in [0.15, 0.2) is 18.2 Å². The van der Waals surface area contributed by atoms with Gasteiger partial charge in [-0.3, -0.25) is 4.90 Å². The van der Waals surface area contributed by atoms with Gasteiger partial charge in [0.15, 0.2) is 0 Å². The largest absolute Gasteiger partial charge is 0.496 e. The zero-order valence-corrected chi connectivity index (χ0v) is 12.6. The van der Waals surface area contributed by atoms with E-state index in [4.69, 9.17) is 10.5 Å². The van der Waals surface area contributed by atoms with E-state index in [1.807, 2.05) is 12.1 Å². The van der Waals surface area contributed by atoms with Gasteiger partial charge in [0.05, 0.1) is 20.3 Å². The maximum absolute atomic E-state index is 9.27. The molecular formula is C17H24N2O2. The van der Waals surface area contributed by atoms with E-state index in [1.165, 1.54) is 19.3 Å². The molecule has 21 heavy (non-hydrogen) atoms. The molecule has 1 aliphatic rings. The SMILES string of the molecule is COc1ccc(C#CCN)cc1CN(CCO)C1CCC1. The van der Waals surface area contributed by atoms with Crippen molar-refractivity contribution in [2.75, 3.05) is 26.8 Å². The van der Waals surface area contributed by atoms with Gasteiger partial charge in [-0.05, 0) is 31.0 Å². The Morgan fingerprint density at radius 3 is 2.81 bits per heavy atom. The average molecular weight is 288 g/mol. The van der Waals surface area contributed by atoms with E-state index in [0.717, 1.165) is 23.4 Å². The highest BCUT2D eigenvalue weighted by molar-refractivity contribution is 5.44. The molecule has 0 bridgehead atoms. The van der Waals surface area contributed by atoms with Crippen molar-refractivity contribution in [3.8, 4) is 17.6 Å². The maximum atomic E-state index is 9.27. The van der Waals surface area contributed by atoms with Crippen LogP contribution in [0.5, 0.6) is 5.75 Å². The molecule has 0 amide bonds. The smallest absolute Gasteiger partial charge is 0.123 e. The quantitative estimate of drug-likeness (QED) is 0.776. The number of aliphatic hydroxyl groups excluding tert-OH is 1. The van der Waals surface area contributed by atoms with Crippen LogP contribution in [0, 0.1) is 11.8 Å². The summed E-state index contributed by atoms with van der Waals surface area (Å²) in [5.74, 6) is 6.81. The lowest BCUT2D eigenvalue weighted by atomic mass is 9.91. The Kier molecular flexibility index (Phi) is 6.06. The number of ether oxygens (including phenoxy) is 1. The van der Waals surface area contributed by atoms with E-state index in [9.17, 15) is 5.11 Å². The molecule has 0 aliphatic heterocycles. The van der Waals surface area contributed by atoms with Gasteiger partial charge in [-0.2, -0.15) is 0 Å². The first kappa shape index (κ1) is 15.8. The minimum Gasteiger partial charge on any atom is -0.496 e. The molecule has 0 heterocycles. The molecule has 0 spiro atoms. The van der Waals surface area contributed by atoms with E-state index in [2.05, 4.69) is 22.8 Å².